The summed E-state index contributed by atoms with van der Waals surface area (Å²) in [7, 11) is 3.55. The molecule has 1 aliphatic heterocycles. The van der Waals surface area contributed by atoms with Crippen LogP contribution in [-0.2, 0) is 18.2 Å². The number of rotatable bonds is 4. The highest BCUT2D eigenvalue weighted by Gasteiger charge is 2.39. The van der Waals surface area contributed by atoms with Gasteiger partial charge in [0.2, 0.25) is 0 Å². The van der Waals surface area contributed by atoms with Crippen molar-refractivity contribution in [2.75, 3.05) is 13.7 Å². The van der Waals surface area contributed by atoms with Crippen LogP contribution >= 0.6 is 0 Å². The maximum absolute atomic E-state index is 12.9. The van der Waals surface area contributed by atoms with Crippen LogP contribution in [0.25, 0.3) is 0 Å². The Hall–Kier alpha value is -2.28. The van der Waals surface area contributed by atoms with Gasteiger partial charge in [-0.1, -0.05) is 6.92 Å². The average Bonchev–Trinajstić information content (AvgIpc) is 3.19. The van der Waals surface area contributed by atoms with Gasteiger partial charge in [-0.15, -0.1) is 10.2 Å². The highest BCUT2D eigenvalue weighted by molar-refractivity contribution is 5.93. The molecule has 1 amide bonds. The van der Waals surface area contributed by atoms with Crippen molar-refractivity contribution in [2.24, 2.45) is 7.05 Å². The molecule has 0 aromatic carbocycles. The zero-order valence-corrected chi connectivity index (χ0v) is 13.6. The van der Waals surface area contributed by atoms with Crippen molar-refractivity contribution < 1.29 is 9.53 Å². The molecular formula is C16H21N5O2. The Bertz CT molecular complexity index is 699. The fourth-order valence-electron chi connectivity index (χ4n) is 2.99. The second kappa shape index (κ2) is 6.45. The Balaban J connectivity index is 1.91. The van der Waals surface area contributed by atoms with Gasteiger partial charge in [-0.25, -0.2) is 0 Å². The standard InChI is InChI=1S/C16H21N5O2/c1-4-11-5-6-17-13(7-11)16(22)21-9-12(23-3)8-14(21)15-19-18-10-20(15)2/h5-7,10,12,14H,4,8-9H2,1-3H3/t12-,14+/m1/s1. The van der Waals surface area contributed by atoms with Crippen LogP contribution in [0.3, 0.4) is 0 Å². The molecule has 0 saturated carbocycles. The van der Waals surface area contributed by atoms with Crippen molar-refractivity contribution >= 4 is 5.91 Å². The number of methoxy groups -OCH3 is 1. The molecule has 3 rings (SSSR count). The van der Waals surface area contributed by atoms with Crippen LogP contribution in [0, 0.1) is 0 Å². The quantitative estimate of drug-likeness (QED) is 0.852. The van der Waals surface area contributed by atoms with Crippen LogP contribution in [0.2, 0.25) is 0 Å². The third-order valence-corrected chi connectivity index (χ3v) is 4.35. The first-order chi connectivity index (χ1) is 11.1. The van der Waals surface area contributed by atoms with Gasteiger partial charge in [-0.3, -0.25) is 9.78 Å². The fraction of sp³-hybridized carbons (Fsp3) is 0.500. The van der Waals surface area contributed by atoms with Gasteiger partial charge in [0.15, 0.2) is 5.82 Å². The lowest BCUT2D eigenvalue weighted by atomic mass is 10.1. The van der Waals surface area contributed by atoms with Crippen molar-refractivity contribution in [1.82, 2.24) is 24.6 Å². The third-order valence-electron chi connectivity index (χ3n) is 4.35. The minimum Gasteiger partial charge on any atom is -0.380 e. The van der Waals surface area contributed by atoms with E-state index in [-0.39, 0.29) is 18.1 Å². The molecule has 2 aromatic heterocycles. The number of carbonyl (C=O) groups excluding carboxylic acids is 1. The summed E-state index contributed by atoms with van der Waals surface area (Å²) >= 11 is 0. The van der Waals surface area contributed by atoms with Crippen molar-refractivity contribution in [3.8, 4) is 0 Å². The fourth-order valence-corrected chi connectivity index (χ4v) is 2.99. The Kier molecular flexibility index (Phi) is 4.38. The van der Waals surface area contributed by atoms with Crippen molar-refractivity contribution in [3.63, 3.8) is 0 Å². The van der Waals surface area contributed by atoms with E-state index in [2.05, 4.69) is 22.1 Å². The molecule has 3 heterocycles. The number of hydrogen-bond acceptors (Lipinski definition) is 5. The zero-order chi connectivity index (χ0) is 16.4. The van der Waals surface area contributed by atoms with Gasteiger partial charge in [0.05, 0.1) is 12.1 Å². The molecular weight excluding hydrogens is 294 g/mol. The highest BCUT2D eigenvalue weighted by Crippen LogP contribution is 2.33. The molecule has 0 bridgehead atoms. The molecule has 23 heavy (non-hydrogen) atoms. The van der Waals surface area contributed by atoms with Crippen LogP contribution in [0.5, 0.6) is 0 Å². The molecule has 1 saturated heterocycles. The number of pyridine rings is 1. The lowest BCUT2D eigenvalue weighted by Gasteiger charge is -2.23. The van der Waals surface area contributed by atoms with Crippen LogP contribution < -0.4 is 0 Å². The second-order valence-corrected chi connectivity index (χ2v) is 5.77. The van der Waals surface area contributed by atoms with Crippen molar-refractivity contribution in [2.45, 2.75) is 31.9 Å². The largest absolute Gasteiger partial charge is 0.380 e. The maximum Gasteiger partial charge on any atom is 0.273 e. The van der Waals surface area contributed by atoms with E-state index in [0.717, 1.165) is 17.8 Å². The first kappa shape index (κ1) is 15.6. The van der Waals surface area contributed by atoms with E-state index in [4.69, 9.17) is 4.74 Å². The smallest absolute Gasteiger partial charge is 0.273 e. The molecule has 0 radical (unpaired) electrons. The summed E-state index contributed by atoms with van der Waals surface area (Å²) in [5.41, 5.74) is 1.56. The number of aryl methyl sites for hydroxylation is 2. The monoisotopic (exact) mass is 315 g/mol. The molecule has 122 valence electrons. The Labute approximate surface area is 135 Å². The molecule has 0 spiro atoms. The van der Waals surface area contributed by atoms with E-state index in [1.165, 1.54) is 0 Å². The van der Waals surface area contributed by atoms with Crippen LogP contribution in [-0.4, -0.2) is 50.3 Å². The number of hydrogen-bond donors (Lipinski definition) is 0. The SMILES string of the molecule is CCc1ccnc(C(=O)N2C[C@H](OC)C[C@H]2c2nncn2C)c1. The van der Waals surface area contributed by atoms with Crippen molar-refractivity contribution in [1.29, 1.82) is 0 Å². The van der Waals surface area contributed by atoms with E-state index < -0.39 is 0 Å². The normalized spacial score (nSPS) is 20.9. The van der Waals surface area contributed by atoms with Crippen LogP contribution in [0.15, 0.2) is 24.7 Å². The Morgan fingerprint density at radius 2 is 2.30 bits per heavy atom. The van der Waals surface area contributed by atoms with E-state index in [1.54, 1.807) is 24.5 Å². The summed E-state index contributed by atoms with van der Waals surface area (Å²) in [6.45, 7) is 2.59. The van der Waals surface area contributed by atoms with E-state index in [0.29, 0.717) is 18.7 Å². The summed E-state index contributed by atoms with van der Waals surface area (Å²) in [4.78, 5) is 19.0. The van der Waals surface area contributed by atoms with E-state index in [1.807, 2.05) is 23.7 Å². The summed E-state index contributed by atoms with van der Waals surface area (Å²) in [6, 6.07) is 3.64. The van der Waals surface area contributed by atoms with Gasteiger partial charge in [0.25, 0.3) is 5.91 Å². The molecule has 0 N–H and O–H groups in total. The first-order valence-corrected chi connectivity index (χ1v) is 7.76. The van der Waals surface area contributed by atoms with Gasteiger partial charge < -0.3 is 14.2 Å². The molecule has 2 atom stereocenters. The molecule has 7 heteroatoms. The zero-order valence-electron chi connectivity index (χ0n) is 13.6. The third kappa shape index (κ3) is 2.96. The minimum absolute atomic E-state index is 0.00462. The van der Waals surface area contributed by atoms with Gasteiger partial charge in [0.1, 0.15) is 12.0 Å². The maximum atomic E-state index is 12.9. The molecule has 1 fully saturated rings. The molecule has 2 aromatic rings. The topological polar surface area (TPSA) is 73.1 Å². The number of amides is 1. The van der Waals surface area contributed by atoms with Crippen LogP contribution in [0.4, 0.5) is 0 Å². The van der Waals surface area contributed by atoms with Gasteiger partial charge in [-0.2, -0.15) is 0 Å². The van der Waals surface area contributed by atoms with Crippen molar-refractivity contribution in [3.05, 3.63) is 41.7 Å². The summed E-state index contributed by atoms with van der Waals surface area (Å²) in [5, 5.41) is 8.10. The number of carbonyl (C=O) groups is 1. The van der Waals surface area contributed by atoms with Gasteiger partial charge in [-0.05, 0) is 24.1 Å². The number of ether oxygens (including phenoxy) is 1. The number of likely N-dealkylation sites (tertiary alicyclic amines) is 1. The number of aromatic nitrogens is 4. The molecule has 0 unspecified atom stereocenters. The van der Waals surface area contributed by atoms with Gasteiger partial charge in [0, 0.05) is 33.3 Å². The average molecular weight is 315 g/mol. The highest BCUT2D eigenvalue weighted by atomic mass is 16.5. The predicted octanol–water partition coefficient (Wildman–Crippen LogP) is 1.37. The Morgan fingerprint density at radius 3 is 2.96 bits per heavy atom. The van der Waals surface area contributed by atoms with Crippen LogP contribution in [0.1, 0.15) is 41.3 Å². The first-order valence-electron chi connectivity index (χ1n) is 7.76. The summed E-state index contributed by atoms with van der Waals surface area (Å²) in [5.74, 6) is 0.678. The molecule has 0 aliphatic carbocycles. The summed E-state index contributed by atoms with van der Waals surface area (Å²) < 4.78 is 7.31. The lowest BCUT2D eigenvalue weighted by Crippen LogP contribution is -2.33. The minimum atomic E-state index is -0.146. The second-order valence-electron chi connectivity index (χ2n) is 5.77. The number of nitrogens with zero attached hydrogens (tertiary/aromatic N) is 5. The van der Waals surface area contributed by atoms with E-state index in [9.17, 15) is 4.79 Å². The lowest BCUT2D eigenvalue weighted by molar-refractivity contribution is 0.0677. The van der Waals surface area contributed by atoms with E-state index >= 15 is 0 Å². The Morgan fingerprint density at radius 1 is 1.48 bits per heavy atom. The molecule has 7 nitrogen and oxygen atoms in total. The molecule has 1 aliphatic rings. The summed E-state index contributed by atoms with van der Waals surface area (Å²) in [6.07, 6.45) is 4.91. The van der Waals surface area contributed by atoms with Gasteiger partial charge >= 0.3 is 0 Å². The predicted molar refractivity (Wildman–Crippen MR) is 83.8 cm³/mol.